The summed E-state index contributed by atoms with van der Waals surface area (Å²) in [6, 6.07) is 4.68. The van der Waals surface area contributed by atoms with Crippen molar-refractivity contribution in [3.05, 3.63) is 57.6 Å². The van der Waals surface area contributed by atoms with E-state index in [1.807, 2.05) is 26.8 Å². The molecule has 0 spiro atoms. The molecule has 1 aliphatic rings. The molecule has 8 nitrogen and oxygen atoms in total. The number of halogens is 4. The fourth-order valence-electron chi connectivity index (χ4n) is 3.33. The summed E-state index contributed by atoms with van der Waals surface area (Å²) in [6.45, 7) is 5.75. The topological polar surface area (TPSA) is 95.3 Å². The molecule has 2 aromatic rings. The van der Waals surface area contributed by atoms with Crippen LogP contribution in [-0.2, 0) is 31.8 Å². The van der Waals surface area contributed by atoms with Crippen molar-refractivity contribution < 1.29 is 32.4 Å². The van der Waals surface area contributed by atoms with Gasteiger partial charge in [0.05, 0.1) is 23.4 Å². The summed E-state index contributed by atoms with van der Waals surface area (Å²) in [5.41, 5.74) is 1.26. The molecule has 0 fully saturated rings. The van der Waals surface area contributed by atoms with Gasteiger partial charge in [-0.05, 0) is 43.9 Å². The van der Waals surface area contributed by atoms with E-state index in [0.717, 1.165) is 49.0 Å². The van der Waals surface area contributed by atoms with E-state index in [0.29, 0.717) is 12.3 Å². The lowest BCUT2D eigenvalue weighted by atomic mass is 9.94. The first-order valence-corrected chi connectivity index (χ1v) is 11.5. The normalized spacial score (nSPS) is 15.4. The van der Waals surface area contributed by atoms with E-state index in [1.54, 1.807) is 0 Å². The number of esters is 1. The smallest absolute Gasteiger partial charge is 0.417 e. The second-order valence-corrected chi connectivity index (χ2v) is 9.45. The zero-order valence-corrected chi connectivity index (χ0v) is 21.0. The first-order valence-electron chi connectivity index (χ1n) is 11.1. The summed E-state index contributed by atoms with van der Waals surface area (Å²) >= 11 is 5.94. The molecule has 0 saturated heterocycles. The second-order valence-electron chi connectivity index (χ2n) is 9.05. The Morgan fingerprint density at radius 1 is 1.17 bits per heavy atom. The first kappa shape index (κ1) is 27.4. The molecule has 36 heavy (non-hydrogen) atoms. The van der Waals surface area contributed by atoms with Crippen molar-refractivity contribution >= 4 is 29.0 Å². The lowest BCUT2D eigenvalue weighted by molar-refractivity contribution is -0.137. The average molecular weight is 527 g/mol. The highest BCUT2D eigenvalue weighted by Crippen LogP contribution is 2.31. The zero-order valence-electron chi connectivity index (χ0n) is 20.3. The van der Waals surface area contributed by atoms with Gasteiger partial charge in [0.25, 0.3) is 0 Å². The number of ether oxygens (including phenoxy) is 1. The van der Waals surface area contributed by atoms with Crippen molar-refractivity contribution in [2.75, 3.05) is 20.3 Å². The number of nitrogens with zero attached hydrogens (tertiary/aromatic N) is 4. The minimum Gasteiger partial charge on any atom is -0.464 e. The Balaban J connectivity index is 1.68. The molecule has 0 amide bonds. The van der Waals surface area contributed by atoms with Gasteiger partial charge in [-0.2, -0.15) is 13.2 Å². The maximum Gasteiger partial charge on any atom is 0.417 e. The molecule has 3 rings (SSSR count). The van der Waals surface area contributed by atoms with Gasteiger partial charge in [0.1, 0.15) is 24.6 Å². The fourth-order valence-corrected chi connectivity index (χ4v) is 3.59. The van der Waals surface area contributed by atoms with E-state index in [9.17, 15) is 18.0 Å². The maximum absolute atomic E-state index is 12.9. The number of hydrogen-bond donors (Lipinski definition) is 0. The number of aryl methyl sites for hydroxylation is 2. The quantitative estimate of drug-likeness (QED) is 0.269. The van der Waals surface area contributed by atoms with Crippen molar-refractivity contribution in [2.24, 2.45) is 15.7 Å². The van der Waals surface area contributed by atoms with E-state index in [2.05, 4.69) is 31.1 Å². The Morgan fingerprint density at radius 3 is 2.56 bits per heavy atom. The number of carbonyl (C=O) groups is 1. The van der Waals surface area contributed by atoms with Gasteiger partial charge in [-0.15, -0.1) is 0 Å². The molecule has 0 saturated carbocycles. The summed E-state index contributed by atoms with van der Waals surface area (Å²) in [4.78, 5) is 31.3. The van der Waals surface area contributed by atoms with Crippen LogP contribution in [0.5, 0.6) is 0 Å². The molecule has 0 unspecified atom stereocenters. The highest BCUT2D eigenvalue weighted by molar-refractivity contribution is 6.46. The number of aromatic nitrogens is 2. The van der Waals surface area contributed by atoms with Crippen LogP contribution in [0.25, 0.3) is 0 Å². The molecule has 2 heterocycles. The van der Waals surface area contributed by atoms with E-state index in [1.165, 1.54) is 0 Å². The average Bonchev–Trinajstić information content (AvgIpc) is 2.81. The number of pyridine rings is 2. The van der Waals surface area contributed by atoms with E-state index in [-0.39, 0.29) is 18.9 Å². The minimum atomic E-state index is -4.64. The minimum absolute atomic E-state index is 0.00938. The SMILES string of the molecule is COC(=O)C(=NOCC(C)(C)CON=C1CCCc2ccc(C)nc21)c1ncc(C(F)(F)F)cc1Cl. The van der Waals surface area contributed by atoms with Crippen molar-refractivity contribution in [3.8, 4) is 0 Å². The highest BCUT2D eigenvalue weighted by atomic mass is 35.5. The summed E-state index contributed by atoms with van der Waals surface area (Å²) in [6.07, 6.45) is -1.43. The van der Waals surface area contributed by atoms with E-state index < -0.39 is 33.9 Å². The molecule has 2 aromatic heterocycles. The van der Waals surface area contributed by atoms with E-state index >= 15 is 0 Å². The summed E-state index contributed by atoms with van der Waals surface area (Å²) in [7, 11) is 1.09. The van der Waals surface area contributed by atoms with Crippen LogP contribution in [0.1, 0.15) is 54.9 Å². The van der Waals surface area contributed by atoms with Gasteiger partial charge in [0, 0.05) is 17.3 Å². The zero-order chi connectivity index (χ0) is 26.5. The molecular weight excluding hydrogens is 501 g/mol. The Hall–Kier alpha value is -3.21. The number of hydrogen-bond acceptors (Lipinski definition) is 8. The summed E-state index contributed by atoms with van der Waals surface area (Å²) < 4.78 is 43.4. The molecule has 0 aliphatic heterocycles. The lowest BCUT2D eigenvalue weighted by Gasteiger charge is -2.22. The maximum atomic E-state index is 12.9. The van der Waals surface area contributed by atoms with Crippen molar-refractivity contribution in [1.82, 2.24) is 9.97 Å². The molecule has 194 valence electrons. The molecule has 0 N–H and O–H groups in total. The van der Waals surface area contributed by atoms with Crippen LogP contribution in [0.3, 0.4) is 0 Å². The molecule has 1 aliphatic carbocycles. The Morgan fingerprint density at radius 2 is 1.89 bits per heavy atom. The van der Waals surface area contributed by atoms with Crippen molar-refractivity contribution in [2.45, 2.75) is 46.2 Å². The van der Waals surface area contributed by atoms with Crippen LogP contribution >= 0.6 is 11.6 Å². The van der Waals surface area contributed by atoms with Crippen LogP contribution in [0.4, 0.5) is 13.2 Å². The standard InChI is InChI=1S/C24H26ClF3N4O4/c1-14-8-9-15-6-5-7-18(19(15)30-14)31-35-12-23(2,3)13-36-32-21(22(33)34-4)20-17(25)10-16(11-29-20)24(26,27)28/h8-11H,5-7,12-13H2,1-4H3. The summed E-state index contributed by atoms with van der Waals surface area (Å²) in [5.74, 6) is -0.969. The predicted molar refractivity (Wildman–Crippen MR) is 127 cm³/mol. The van der Waals surface area contributed by atoms with Crippen LogP contribution in [0.2, 0.25) is 5.02 Å². The predicted octanol–water partition coefficient (Wildman–Crippen LogP) is 5.13. The van der Waals surface area contributed by atoms with Gasteiger partial charge >= 0.3 is 12.1 Å². The van der Waals surface area contributed by atoms with Gasteiger partial charge in [-0.3, -0.25) is 9.97 Å². The lowest BCUT2D eigenvalue weighted by Crippen LogP contribution is -2.26. The third-order valence-corrected chi connectivity index (χ3v) is 5.55. The largest absolute Gasteiger partial charge is 0.464 e. The third-order valence-electron chi connectivity index (χ3n) is 5.26. The fraction of sp³-hybridized carbons (Fsp3) is 0.458. The first-order chi connectivity index (χ1) is 16.9. The number of oxime groups is 2. The highest BCUT2D eigenvalue weighted by Gasteiger charge is 2.33. The van der Waals surface area contributed by atoms with Gasteiger partial charge in [-0.25, -0.2) is 4.79 Å². The molecule has 0 atom stereocenters. The van der Waals surface area contributed by atoms with Gasteiger partial charge in [-0.1, -0.05) is 41.8 Å². The monoisotopic (exact) mass is 526 g/mol. The van der Waals surface area contributed by atoms with Crippen LogP contribution < -0.4 is 0 Å². The van der Waals surface area contributed by atoms with Crippen LogP contribution in [0, 0.1) is 12.3 Å². The van der Waals surface area contributed by atoms with Crippen LogP contribution in [-0.4, -0.2) is 47.7 Å². The van der Waals surface area contributed by atoms with Gasteiger partial charge in [0.15, 0.2) is 0 Å². The van der Waals surface area contributed by atoms with Crippen LogP contribution in [0.15, 0.2) is 34.7 Å². The van der Waals surface area contributed by atoms with Crippen molar-refractivity contribution in [3.63, 3.8) is 0 Å². The number of carbonyl (C=O) groups excluding carboxylic acids is 1. The Labute approximate surface area is 211 Å². The number of alkyl halides is 3. The number of rotatable bonds is 8. The van der Waals surface area contributed by atoms with E-state index in [4.69, 9.17) is 21.3 Å². The third kappa shape index (κ3) is 6.93. The number of methoxy groups -OCH3 is 1. The Kier molecular flexibility index (Phi) is 8.55. The van der Waals surface area contributed by atoms with Gasteiger partial charge < -0.3 is 14.4 Å². The molecular formula is C24H26ClF3N4O4. The Bertz CT molecular complexity index is 1180. The second kappa shape index (κ2) is 11.2. The van der Waals surface area contributed by atoms with Crippen molar-refractivity contribution in [1.29, 1.82) is 0 Å². The summed E-state index contributed by atoms with van der Waals surface area (Å²) in [5, 5.41) is 7.62. The molecule has 0 aromatic carbocycles. The van der Waals surface area contributed by atoms with Gasteiger partial charge in [0.2, 0.25) is 5.71 Å². The molecule has 12 heteroatoms. The molecule has 0 bridgehead atoms. The molecule has 0 radical (unpaired) electrons. The number of fused-ring (bicyclic) bond motifs is 1.